The summed E-state index contributed by atoms with van der Waals surface area (Å²) >= 11 is 7.71. The van der Waals surface area contributed by atoms with Crippen LogP contribution in [0.1, 0.15) is 10.6 Å². The fraction of sp³-hybridized carbons (Fsp3) is 0.261. The van der Waals surface area contributed by atoms with Crippen LogP contribution in [-0.4, -0.2) is 60.0 Å². The van der Waals surface area contributed by atoms with Crippen LogP contribution in [0.3, 0.4) is 0 Å². The standard InChI is InChI=1S/C23H22ClN5O2S/c24-17-5-3-16(4-6-17)18-14-32-23-20(18)21(26-15-27-23)29-11-9-28(10-12-29)8-7-25-22(30)19-2-1-13-31-19/h1-6,13-15H,7-12H2,(H,25,30). The topological polar surface area (TPSA) is 74.5 Å². The first-order chi connectivity index (χ1) is 15.7. The number of hydrogen-bond donors (Lipinski definition) is 1. The molecule has 164 valence electrons. The molecule has 0 atom stereocenters. The van der Waals surface area contributed by atoms with Gasteiger partial charge < -0.3 is 14.6 Å². The minimum absolute atomic E-state index is 0.177. The first kappa shape index (κ1) is 20.9. The van der Waals surface area contributed by atoms with Gasteiger partial charge in [0.05, 0.1) is 11.6 Å². The van der Waals surface area contributed by atoms with Gasteiger partial charge in [-0.2, -0.15) is 0 Å². The van der Waals surface area contributed by atoms with Crippen LogP contribution in [0.4, 0.5) is 5.82 Å². The van der Waals surface area contributed by atoms with E-state index in [0.717, 1.165) is 64.9 Å². The first-order valence-corrected chi connectivity index (χ1v) is 11.7. The maximum atomic E-state index is 12.0. The second-order valence-electron chi connectivity index (χ2n) is 7.60. The van der Waals surface area contributed by atoms with Crippen molar-refractivity contribution >= 4 is 44.9 Å². The third-order valence-corrected chi connectivity index (χ3v) is 6.77. The molecular formula is C23H22ClN5O2S. The van der Waals surface area contributed by atoms with Crippen molar-refractivity contribution in [3.8, 4) is 11.1 Å². The molecule has 0 spiro atoms. The highest BCUT2D eigenvalue weighted by Crippen LogP contribution is 2.38. The molecule has 0 unspecified atom stereocenters. The number of aromatic nitrogens is 2. The van der Waals surface area contributed by atoms with Gasteiger partial charge in [-0.3, -0.25) is 9.69 Å². The van der Waals surface area contributed by atoms with Gasteiger partial charge in [-0.1, -0.05) is 23.7 Å². The van der Waals surface area contributed by atoms with Crippen LogP contribution in [0.5, 0.6) is 0 Å². The van der Waals surface area contributed by atoms with E-state index in [2.05, 4.69) is 30.5 Å². The Balaban J connectivity index is 1.24. The molecule has 1 aliphatic rings. The lowest BCUT2D eigenvalue weighted by Gasteiger charge is -2.35. The molecule has 1 aromatic carbocycles. The second-order valence-corrected chi connectivity index (χ2v) is 8.89. The largest absolute Gasteiger partial charge is 0.459 e. The van der Waals surface area contributed by atoms with Crippen molar-refractivity contribution in [3.63, 3.8) is 0 Å². The number of fused-ring (bicyclic) bond motifs is 1. The van der Waals surface area contributed by atoms with Gasteiger partial charge in [0.2, 0.25) is 0 Å². The van der Waals surface area contributed by atoms with Gasteiger partial charge in [-0.05, 0) is 29.8 Å². The highest BCUT2D eigenvalue weighted by atomic mass is 35.5. The smallest absolute Gasteiger partial charge is 0.287 e. The molecule has 7 nitrogen and oxygen atoms in total. The molecule has 0 saturated carbocycles. The predicted molar refractivity (Wildman–Crippen MR) is 128 cm³/mol. The van der Waals surface area contributed by atoms with Crippen molar-refractivity contribution < 1.29 is 9.21 Å². The summed E-state index contributed by atoms with van der Waals surface area (Å²) < 4.78 is 5.13. The predicted octanol–water partition coefficient (Wildman–Crippen LogP) is 4.16. The van der Waals surface area contributed by atoms with E-state index >= 15 is 0 Å². The molecule has 1 fully saturated rings. The number of hydrogen-bond acceptors (Lipinski definition) is 7. The molecule has 0 radical (unpaired) electrons. The number of nitrogens with zero attached hydrogens (tertiary/aromatic N) is 4. The molecule has 5 rings (SSSR count). The average Bonchev–Trinajstić information content (AvgIpc) is 3.50. The van der Waals surface area contributed by atoms with Crippen molar-refractivity contribution in [1.82, 2.24) is 20.2 Å². The Morgan fingerprint density at radius 1 is 1.12 bits per heavy atom. The van der Waals surface area contributed by atoms with Crippen LogP contribution in [0, 0.1) is 0 Å². The number of carbonyl (C=O) groups excluding carboxylic acids is 1. The molecule has 0 aliphatic carbocycles. The van der Waals surface area contributed by atoms with E-state index in [4.69, 9.17) is 16.0 Å². The normalized spacial score (nSPS) is 14.7. The van der Waals surface area contributed by atoms with E-state index in [1.807, 2.05) is 24.3 Å². The number of rotatable bonds is 6. The van der Waals surface area contributed by atoms with Gasteiger partial charge in [-0.25, -0.2) is 9.97 Å². The van der Waals surface area contributed by atoms with Gasteiger partial charge in [0.15, 0.2) is 5.76 Å². The van der Waals surface area contributed by atoms with Crippen molar-refractivity contribution in [2.75, 3.05) is 44.2 Å². The summed E-state index contributed by atoms with van der Waals surface area (Å²) in [4.78, 5) is 26.8. The quantitative estimate of drug-likeness (QED) is 0.459. The Kier molecular flexibility index (Phi) is 6.07. The van der Waals surface area contributed by atoms with Gasteiger partial charge in [0.1, 0.15) is 17.0 Å². The van der Waals surface area contributed by atoms with Crippen LogP contribution >= 0.6 is 22.9 Å². The van der Waals surface area contributed by atoms with Crippen LogP contribution < -0.4 is 10.2 Å². The number of furan rings is 1. The lowest BCUT2D eigenvalue weighted by Crippen LogP contribution is -2.48. The van der Waals surface area contributed by atoms with E-state index in [0.29, 0.717) is 12.3 Å². The van der Waals surface area contributed by atoms with Gasteiger partial charge in [-0.15, -0.1) is 11.3 Å². The maximum Gasteiger partial charge on any atom is 0.287 e. The number of amides is 1. The number of thiophene rings is 1. The van der Waals surface area contributed by atoms with Crippen molar-refractivity contribution in [2.24, 2.45) is 0 Å². The molecule has 1 aliphatic heterocycles. The van der Waals surface area contributed by atoms with Crippen LogP contribution in [0.25, 0.3) is 21.3 Å². The van der Waals surface area contributed by atoms with Gasteiger partial charge >= 0.3 is 0 Å². The molecule has 1 amide bonds. The monoisotopic (exact) mass is 467 g/mol. The van der Waals surface area contributed by atoms with Crippen molar-refractivity contribution in [1.29, 1.82) is 0 Å². The molecule has 0 bridgehead atoms. The molecule has 3 aromatic heterocycles. The SMILES string of the molecule is O=C(NCCN1CCN(c2ncnc3scc(-c4ccc(Cl)cc4)c23)CC1)c1ccco1. The molecular weight excluding hydrogens is 446 g/mol. The number of piperazine rings is 1. The lowest BCUT2D eigenvalue weighted by molar-refractivity contribution is 0.0920. The van der Waals surface area contributed by atoms with E-state index in [9.17, 15) is 4.79 Å². The Hall–Kier alpha value is -2.94. The highest BCUT2D eigenvalue weighted by Gasteiger charge is 2.22. The minimum Gasteiger partial charge on any atom is -0.459 e. The third kappa shape index (κ3) is 4.34. The second kappa shape index (κ2) is 9.28. The molecule has 9 heteroatoms. The summed E-state index contributed by atoms with van der Waals surface area (Å²) in [5.41, 5.74) is 2.25. The number of benzene rings is 1. The molecule has 4 aromatic rings. The van der Waals surface area contributed by atoms with Crippen LogP contribution in [-0.2, 0) is 0 Å². The number of nitrogens with one attached hydrogen (secondary N) is 1. The maximum absolute atomic E-state index is 12.0. The summed E-state index contributed by atoms with van der Waals surface area (Å²) in [5.74, 6) is 1.14. The Labute approximate surface area is 194 Å². The number of anilines is 1. The Bertz CT molecular complexity index is 1200. The third-order valence-electron chi connectivity index (χ3n) is 5.64. The zero-order chi connectivity index (χ0) is 21.9. The summed E-state index contributed by atoms with van der Waals surface area (Å²) in [7, 11) is 0. The number of carbonyl (C=O) groups is 1. The van der Waals surface area contributed by atoms with E-state index < -0.39 is 0 Å². The summed E-state index contributed by atoms with van der Waals surface area (Å²) in [6.45, 7) is 4.93. The van der Waals surface area contributed by atoms with Crippen molar-refractivity contribution in [3.05, 3.63) is 65.2 Å². The zero-order valence-corrected chi connectivity index (χ0v) is 18.9. The van der Waals surface area contributed by atoms with Crippen LogP contribution in [0.15, 0.2) is 58.8 Å². The van der Waals surface area contributed by atoms with Crippen LogP contribution in [0.2, 0.25) is 5.02 Å². The van der Waals surface area contributed by atoms with E-state index in [-0.39, 0.29) is 5.91 Å². The number of halogens is 1. The molecule has 1 N–H and O–H groups in total. The summed E-state index contributed by atoms with van der Waals surface area (Å²) in [6, 6.07) is 11.3. The van der Waals surface area contributed by atoms with Crippen molar-refractivity contribution in [2.45, 2.75) is 0 Å². The minimum atomic E-state index is -0.177. The van der Waals surface area contributed by atoms with Gasteiger partial charge in [0.25, 0.3) is 5.91 Å². The van der Waals surface area contributed by atoms with Gasteiger partial charge in [0, 0.05) is 55.2 Å². The summed E-state index contributed by atoms with van der Waals surface area (Å²) in [6.07, 6.45) is 3.15. The van der Waals surface area contributed by atoms with E-state index in [1.165, 1.54) is 6.26 Å². The first-order valence-electron chi connectivity index (χ1n) is 10.5. The molecule has 32 heavy (non-hydrogen) atoms. The molecule has 1 saturated heterocycles. The highest BCUT2D eigenvalue weighted by molar-refractivity contribution is 7.17. The zero-order valence-electron chi connectivity index (χ0n) is 17.3. The molecule has 4 heterocycles. The Morgan fingerprint density at radius 3 is 2.69 bits per heavy atom. The fourth-order valence-corrected chi connectivity index (χ4v) is 4.98. The summed E-state index contributed by atoms with van der Waals surface area (Å²) in [5, 5.41) is 6.87. The lowest BCUT2D eigenvalue weighted by atomic mass is 10.1. The average molecular weight is 468 g/mol. The fourth-order valence-electron chi connectivity index (χ4n) is 3.95. The van der Waals surface area contributed by atoms with E-state index in [1.54, 1.807) is 29.8 Å². The Morgan fingerprint density at radius 2 is 1.94 bits per heavy atom.